The molecule has 1 atom stereocenters. The molecule has 1 fully saturated rings. The number of carbonyl (C=O) groups excluding carboxylic acids is 1. The topological polar surface area (TPSA) is 73.6 Å². The zero-order valence-electron chi connectivity index (χ0n) is 16.2. The van der Waals surface area contributed by atoms with Gasteiger partial charge in [-0.3, -0.25) is 4.79 Å². The van der Waals surface area contributed by atoms with Crippen LogP contribution in [-0.4, -0.2) is 30.8 Å². The number of ether oxygens (including phenoxy) is 2. The molecule has 1 saturated heterocycles. The second kappa shape index (κ2) is 9.34. The van der Waals surface area contributed by atoms with Crippen molar-refractivity contribution in [2.45, 2.75) is 51.7 Å². The van der Waals surface area contributed by atoms with Gasteiger partial charge in [0.25, 0.3) is 0 Å². The summed E-state index contributed by atoms with van der Waals surface area (Å²) in [5, 5.41) is 6.92. The van der Waals surface area contributed by atoms with E-state index < -0.39 is 0 Å². The fraction of sp³-hybridized carbons (Fsp3) is 0.545. The molecule has 1 aliphatic heterocycles. The smallest absolute Gasteiger partial charge is 0.226 e. The van der Waals surface area contributed by atoms with E-state index in [1.165, 1.54) is 42.4 Å². The SMILES string of the molecule is O=C(Cc1cc(COCc2ccc3c(c2)CCCC3)on1)NCC1CCOC1. The van der Waals surface area contributed by atoms with Gasteiger partial charge in [-0.05, 0) is 48.8 Å². The van der Waals surface area contributed by atoms with Crippen LogP contribution in [0.5, 0.6) is 0 Å². The minimum atomic E-state index is -0.0401. The molecule has 150 valence electrons. The Labute approximate surface area is 165 Å². The van der Waals surface area contributed by atoms with Crippen LogP contribution in [0.4, 0.5) is 0 Å². The number of hydrogen-bond donors (Lipinski definition) is 1. The molecule has 1 aliphatic carbocycles. The van der Waals surface area contributed by atoms with Gasteiger partial charge in [-0.15, -0.1) is 0 Å². The molecule has 4 rings (SSSR count). The maximum Gasteiger partial charge on any atom is 0.226 e. The normalized spacial score (nSPS) is 18.8. The van der Waals surface area contributed by atoms with Gasteiger partial charge in [0.2, 0.25) is 5.91 Å². The number of benzene rings is 1. The van der Waals surface area contributed by atoms with Crippen LogP contribution >= 0.6 is 0 Å². The summed E-state index contributed by atoms with van der Waals surface area (Å²) in [7, 11) is 0. The Morgan fingerprint density at radius 1 is 1.18 bits per heavy atom. The van der Waals surface area contributed by atoms with Crippen molar-refractivity contribution in [1.82, 2.24) is 10.5 Å². The van der Waals surface area contributed by atoms with E-state index in [1.54, 1.807) is 6.07 Å². The first-order chi connectivity index (χ1) is 13.8. The van der Waals surface area contributed by atoms with Crippen LogP contribution in [0.15, 0.2) is 28.8 Å². The zero-order chi connectivity index (χ0) is 19.2. The highest BCUT2D eigenvalue weighted by atomic mass is 16.5. The van der Waals surface area contributed by atoms with Gasteiger partial charge in [0.15, 0.2) is 5.76 Å². The van der Waals surface area contributed by atoms with E-state index in [-0.39, 0.29) is 12.3 Å². The lowest BCUT2D eigenvalue weighted by atomic mass is 9.90. The van der Waals surface area contributed by atoms with Gasteiger partial charge in [0.05, 0.1) is 25.3 Å². The van der Waals surface area contributed by atoms with Crippen molar-refractivity contribution in [2.75, 3.05) is 19.8 Å². The van der Waals surface area contributed by atoms with Crippen molar-refractivity contribution in [1.29, 1.82) is 0 Å². The molecule has 0 radical (unpaired) electrons. The molecule has 1 unspecified atom stereocenters. The summed E-state index contributed by atoms with van der Waals surface area (Å²) in [6, 6.07) is 8.44. The molecule has 0 bridgehead atoms. The van der Waals surface area contributed by atoms with Crippen molar-refractivity contribution in [3.05, 3.63) is 52.4 Å². The summed E-state index contributed by atoms with van der Waals surface area (Å²) in [6.45, 7) is 3.08. The van der Waals surface area contributed by atoms with Gasteiger partial charge in [0.1, 0.15) is 6.61 Å². The lowest BCUT2D eigenvalue weighted by Crippen LogP contribution is -2.30. The average molecular weight is 384 g/mol. The minimum Gasteiger partial charge on any atom is -0.381 e. The van der Waals surface area contributed by atoms with Crippen LogP contribution in [-0.2, 0) is 46.7 Å². The van der Waals surface area contributed by atoms with E-state index in [2.05, 4.69) is 28.7 Å². The van der Waals surface area contributed by atoms with Crippen LogP contribution in [0.2, 0.25) is 0 Å². The number of hydrogen-bond acceptors (Lipinski definition) is 5. The molecule has 6 nitrogen and oxygen atoms in total. The van der Waals surface area contributed by atoms with Crippen LogP contribution in [0.25, 0.3) is 0 Å². The molecule has 28 heavy (non-hydrogen) atoms. The standard InChI is InChI=1S/C22H28N2O4/c25-22(23-12-17-7-8-26-14-17)11-20-10-21(28-24-20)15-27-13-16-5-6-18-3-1-2-4-19(18)9-16/h5-6,9-10,17H,1-4,7-8,11-15H2,(H,23,25). The molecular formula is C22H28N2O4. The number of fused-ring (bicyclic) bond motifs is 1. The van der Waals surface area contributed by atoms with Gasteiger partial charge in [-0.25, -0.2) is 0 Å². The maximum atomic E-state index is 12.0. The Kier molecular flexibility index (Phi) is 6.39. The molecule has 6 heteroatoms. The number of nitrogens with one attached hydrogen (secondary N) is 1. The third kappa shape index (κ3) is 5.20. The molecule has 1 amide bonds. The predicted molar refractivity (Wildman–Crippen MR) is 104 cm³/mol. The minimum absolute atomic E-state index is 0.0401. The highest BCUT2D eigenvalue weighted by Crippen LogP contribution is 2.22. The zero-order valence-corrected chi connectivity index (χ0v) is 16.2. The van der Waals surface area contributed by atoms with E-state index in [0.717, 1.165) is 19.6 Å². The number of carbonyl (C=O) groups is 1. The van der Waals surface area contributed by atoms with Crippen molar-refractivity contribution in [3.63, 3.8) is 0 Å². The molecule has 2 heterocycles. The largest absolute Gasteiger partial charge is 0.381 e. The molecule has 2 aromatic rings. The Balaban J connectivity index is 1.19. The van der Waals surface area contributed by atoms with Gasteiger partial charge in [-0.2, -0.15) is 0 Å². The maximum absolute atomic E-state index is 12.0. The van der Waals surface area contributed by atoms with E-state index in [1.807, 2.05) is 0 Å². The molecule has 1 aromatic carbocycles. The van der Waals surface area contributed by atoms with Crippen molar-refractivity contribution in [3.8, 4) is 0 Å². The second-order valence-electron chi connectivity index (χ2n) is 7.80. The summed E-state index contributed by atoms with van der Waals surface area (Å²) >= 11 is 0. The monoisotopic (exact) mass is 384 g/mol. The first kappa shape index (κ1) is 19.2. The molecule has 1 N–H and O–H groups in total. The molecule has 0 saturated carbocycles. The number of rotatable bonds is 8. The highest BCUT2D eigenvalue weighted by molar-refractivity contribution is 5.78. The predicted octanol–water partition coefficient (Wildman–Crippen LogP) is 2.97. The van der Waals surface area contributed by atoms with E-state index >= 15 is 0 Å². The van der Waals surface area contributed by atoms with Crippen LogP contribution in [0.3, 0.4) is 0 Å². The number of aryl methyl sites for hydroxylation is 2. The lowest BCUT2D eigenvalue weighted by molar-refractivity contribution is -0.120. The third-order valence-corrected chi connectivity index (χ3v) is 5.49. The van der Waals surface area contributed by atoms with E-state index in [0.29, 0.717) is 37.1 Å². The van der Waals surface area contributed by atoms with Crippen molar-refractivity contribution in [2.24, 2.45) is 5.92 Å². The molecule has 0 spiro atoms. The fourth-order valence-electron chi connectivity index (χ4n) is 3.88. The Bertz CT molecular complexity index is 796. The number of aromatic nitrogens is 1. The lowest BCUT2D eigenvalue weighted by Gasteiger charge is -2.16. The second-order valence-corrected chi connectivity index (χ2v) is 7.80. The number of amides is 1. The van der Waals surface area contributed by atoms with Gasteiger partial charge in [0, 0.05) is 25.1 Å². The van der Waals surface area contributed by atoms with Crippen LogP contribution in [0, 0.1) is 5.92 Å². The quantitative estimate of drug-likeness (QED) is 0.757. The highest BCUT2D eigenvalue weighted by Gasteiger charge is 2.17. The van der Waals surface area contributed by atoms with Gasteiger partial charge < -0.3 is 19.3 Å². The van der Waals surface area contributed by atoms with Crippen LogP contribution < -0.4 is 5.32 Å². The third-order valence-electron chi connectivity index (χ3n) is 5.49. The summed E-state index contributed by atoms with van der Waals surface area (Å²) < 4.78 is 16.4. The van der Waals surface area contributed by atoms with Crippen LogP contribution in [0.1, 0.15) is 47.4 Å². The first-order valence-electron chi connectivity index (χ1n) is 10.2. The van der Waals surface area contributed by atoms with Crippen molar-refractivity contribution >= 4 is 5.91 Å². The fourth-order valence-corrected chi connectivity index (χ4v) is 3.88. The molecular weight excluding hydrogens is 356 g/mol. The molecule has 1 aromatic heterocycles. The molecule has 2 aliphatic rings. The Hall–Kier alpha value is -2.18. The van der Waals surface area contributed by atoms with Crippen molar-refractivity contribution < 1.29 is 18.8 Å². The first-order valence-corrected chi connectivity index (χ1v) is 10.2. The average Bonchev–Trinajstić information content (AvgIpc) is 3.38. The number of nitrogens with zero attached hydrogens (tertiary/aromatic N) is 1. The summed E-state index contributed by atoms with van der Waals surface area (Å²) in [4.78, 5) is 12.0. The Morgan fingerprint density at radius 2 is 2.07 bits per heavy atom. The van der Waals surface area contributed by atoms with E-state index in [9.17, 15) is 4.79 Å². The van der Waals surface area contributed by atoms with Gasteiger partial charge >= 0.3 is 0 Å². The summed E-state index contributed by atoms with van der Waals surface area (Å²) in [5.74, 6) is 1.03. The Morgan fingerprint density at radius 3 is 2.93 bits per heavy atom. The summed E-state index contributed by atoms with van der Waals surface area (Å²) in [5.41, 5.74) is 4.77. The van der Waals surface area contributed by atoms with Gasteiger partial charge in [-0.1, -0.05) is 23.4 Å². The summed E-state index contributed by atoms with van der Waals surface area (Å²) in [6.07, 6.45) is 6.17. The van der Waals surface area contributed by atoms with E-state index in [4.69, 9.17) is 14.0 Å².